The largest absolute Gasteiger partial charge is 0.339 e. The van der Waals surface area contributed by atoms with E-state index in [1.165, 1.54) is 0 Å². The summed E-state index contributed by atoms with van der Waals surface area (Å²) in [6, 6.07) is 12.7. The second-order valence-corrected chi connectivity index (χ2v) is 4.78. The van der Waals surface area contributed by atoms with Gasteiger partial charge in [0.1, 0.15) is 0 Å². The van der Waals surface area contributed by atoms with Crippen molar-refractivity contribution in [3.63, 3.8) is 0 Å². The maximum absolute atomic E-state index is 12.7. The quantitative estimate of drug-likeness (QED) is 0.867. The standard InChI is InChI=1S/C17H16N4O/c1-3-21(4-2)17(22)14-9-16(12(10-18)11-19)20-15-8-6-5-7-13(14)15/h5-9,12H,3-4H2,1-2H3. The molecular formula is C17H16N4O. The van der Waals surface area contributed by atoms with Gasteiger partial charge < -0.3 is 4.90 Å². The first-order valence-electron chi connectivity index (χ1n) is 7.14. The molecule has 2 aromatic rings. The van der Waals surface area contributed by atoms with Gasteiger partial charge in [-0.25, -0.2) is 0 Å². The van der Waals surface area contributed by atoms with Crippen LogP contribution in [0.4, 0.5) is 0 Å². The lowest BCUT2D eigenvalue weighted by atomic mass is 10.0. The molecule has 0 N–H and O–H groups in total. The minimum absolute atomic E-state index is 0.112. The van der Waals surface area contributed by atoms with Crippen molar-refractivity contribution >= 4 is 16.8 Å². The molecule has 22 heavy (non-hydrogen) atoms. The molecule has 2 rings (SSSR count). The second kappa shape index (κ2) is 6.69. The van der Waals surface area contributed by atoms with E-state index in [9.17, 15) is 4.79 Å². The first-order valence-corrected chi connectivity index (χ1v) is 7.14. The highest BCUT2D eigenvalue weighted by molar-refractivity contribution is 6.06. The lowest BCUT2D eigenvalue weighted by Crippen LogP contribution is -2.30. The number of hydrogen-bond donors (Lipinski definition) is 0. The molecule has 0 unspecified atom stereocenters. The average Bonchev–Trinajstić information content (AvgIpc) is 2.56. The summed E-state index contributed by atoms with van der Waals surface area (Å²) >= 11 is 0. The second-order valence-electron chi connectivity index (χ2n) is 4.78. The number of hydrogen-bond acceptors (Lipinski definition) is 4. The zero-order valence-electron chi connectivity index (χ0n) is 12.6. The van der Waals surface area contributed by atoms with Crippen LogP contribution in [0.3, 0.4) is 0 Å². The van der Waals surface area contributed by atoms with Crippen molar-refractivity contribution in [3.8, 4) is 12.1 Å². The third kappa shape index (κ3) is 2.75. The number of carbonyl (C=O) groups excluding carboxylic acids is 1. The molecule has 0 atom stereocenters. The van der Waals surface area contributed by atoms with Gasteiger partial charge in [-0.05, 0) is 26.0 Å². The smallest absolute Gasteiger partial charge is 0.254 e. The molecule has 0 spiro atoms. The number of carbonyl (C=O) groups is 1. The Morgan fingerprint density at radius 1 is 1.23 bits per heavy atom. The summed E-state index contributed by atoms with van der Waals surface area (Å²) in [4.78, 5) is 18.8. The van der Waals surface area contributed by atoms with Crippen molar-refractivity contribution in [2.75, 3.05) is 13.1 Å². The topological polar surface area (TPSA) is 80.8 Å². The van der Waals surface area contributed by atoms with E-state index < -0.39 is 5.92 Å². The van der Waals surface area contributed by atoms with Crippen molar-refractivity contribution in [3.05, 3.63) is 41.6 Å². The van der Waals surface area contributed by atoms with E-state index >= 15 is 0 Å². The first-order chi connectivity index (χ1) is 10.7. The van der Waals surface area contributed by atoms with E-state index in [1.807, 2.05) is 44.2 Å². The number of rotatable bonds is 4. The third-order valence-corrected chi connectivity index (χ3v) is 3.57. The van der Waals surface area contributed by atoms with Gasteiger partial charge in [0.2, 0.25) is 0 Å². The predicted molar refractivity (Wildman–Crippen MR) is 83.0 cm³/mol. The lowest BCUT2D eigenvalue weighted by molar-refractivity contribution is 0.0775. The molecular weight excluding hydrogens is 276 g/mol. The molecule has 0 fully saturated rings. The first kappa shape index (κ1) is 15.5. The van der Waals surface area contributed by atoms with Crippen LogP contribution in [0.25, 0.3) is 10.9 Å². The minimum atomic E-state index is -0.979. The maximum atomic E-state index is 12.7. The van der Waals surface area contributed by atoms with Crippen LogP contribution < -0.4 is 0 Å². The molecule has 5 nitrogen and oxygen atoms in total. The van der Waals surface area contributed by atoms with Gasteiger partial charge in [0, 0.05) is 18.5 Å². The number of nitriles is 2. The summed E-state index contributed by atoms with van der Waals surface area (Å²) in [5, 5.41) is 18.9. The van der Waals surface area contributed by atoms with Gasteiger partial charge in [-0.1, -0.05) is 18.2 Å². The molecule has 1 aromatic carbocycles. The fourth-order valence-corrected chi connectivity index (χ4v) is 2.36. The van der Waals surface area contributed by atoms with Gasteiger partial charge >= 0.3 is 0 Å². The fraction of sp³-hybridized carbons (Fsp3) is 0.294. The summed E-state index contributed by atoms with van der Waals surface area (Å²) in [6.45, 7) is 5.03. The summed E-state index contributed by atoms with van der Waals surface area (Å²) in [6.07, 6.45) is 0. The van der Waals surface area contributed by atoms with Crippen LogP contribution in [0.1, 0.15) is 35.8 Å². The van der Waals surface area contributed by atoms with Gasteiger partial charge in [-0.3, -0.25) is 9.78 Å². The lowest BCUT2D eigenvalue weighted by Gasteiger charge is -2.20. The van der Waals surface area contributed by atoms with Crippen LogP contribution in [0.15, 0.2) is 30.3 Å². The van der Waals surface area contributed by atoms with Gasteiger partial charge in [-0.2, -0.15) is 10.5 Å². The molecule has 110 valence electrons. The van der Waals surface area contributed by atoms with Crippen LogP contribution >= 0.6 is 0 Å². The van der Waals surface area contributed by atoms with Gasteiger partial charge in [0.15, 0.2) is 5.92 Å². The summed E-state index contributed by atoms with van der Waals surface area (Å²) in [7, 11) is 0. The SMILES string of the molecule is CCN(CC)C(=O)c1cc(C(C#N)C#N)nc2ccccc12. The van der Waals surface area contributed by atoms with Gasteiger partial charge in [-0.15, -0.1) is 0 Å². The van der Waals surface area contributed by atoms with Gasteiger partial charge in [0.05, 0.1) is 28.9 Å². The highest BCUT2D eigenvalue weighted by Crippen LogP contribution is 2.23. The normalized spacial score (nSPS) is 10.2. The number of para-hydroxylation sites is 1. The van der Waals surface area contributed by atoms with Crippen molar-refractivity contribution in [1.29, 1.82) is 10.5 Å². The zero-order valence-corrected chi connectivity index (χ0v) is 12.6. The molecule has 0 aliphatic heterocycles. The molecule has 0 saturated carbocycles. The van der Waals surface area contributed by atoms with Crippen LogP contribution in [0.5, 0.6) is 0 Å². The zero-order chi connectivity index (χ0) is 16.1. The Bertz CT molecular complexity index is 767. The average molecular weight is 292 g/mol. The summed E-state index contributed by atoms with van der Waals surface area (Å²) in [5.74, 6) is -1.09. The van der Waals surface area contributed by atoms with E-state index in [1.54, 1.807) is 17.0 Å². The Kier molecular flexibility index (Phi) is 4.70. The Morgan fingerprint density at radius 3 is 2.45 bits per heavy atom. The summed E-state index contributed by atoms with van der Waals surface area (Å²) in [5.41, 5.74) is 1.42. The van der Waals surface area contributed by atoms with E-state index in [0.29, 0.717) is 29.9 Å². The number of aromatic nitrogens is 1. The number of nitrogens with zero attached hydrogens (tertiary/aromatic N) is 4. The van der Waals surface area contributed by atoms with Crippen LogP contribution in [-0.4, -0.2) is 28.9 Å². The van der Waals surface area contributed by atoms with E-state index in [2.05, 4.69) is 4.98 Å². The number of amides is 1. The van der Waals surface area contributed by atoms with Crippen LogP contribution in [0, 0.1) is 22.7 Å². The Morgan fingerprint density at radius 2 is 1.86 bits per heavy atom. The van der Waals surface area contributed by atoms with E-state index in [4.69, 9.17) is 10.5 Å². The van der Waals surface area contributed by atoms with Crippen molar-refractivity contribution in [2.24, 2.45) is 0 Å². The highest BCUT2D eigenvalue weighted by Gasteiger charge is 2.20. The Hall–Kier alpha value is -2.92. The molecule has 0 aliphatic rings. The fourth-order valence-electron chi connectivity index (χ4n) is 2.36. The summed E-state index contributed by atoms with van der Waals surface area (Å²) < 4.78 is 0. The van der Waals surface area contributed by atoms with Crippen molar-refractivity contribution in [1.82, 2.24) is 9.88 Å². The van der Waals surface area contributed by atoms with E-state index in [0.717, 1.165) is 5.39 Å². The number of fused-ring (bicyclic) bond motifs is 1. The molecule has 1 amide bonds. The molecule has 0 aliphatic carbocycles. The Labute approximate surface area is 129 Å². The maximum Gasteiger partial charge on any atom is 0.254 e. The molecule has 0 saturated heterocycles. The van der Waals surface area contributed by atoms with Crippen molar-refractivity contribution in [2.45, 2.75) is 19.8 Å². The third-order valence-electron chi connectivity index (χ3n) is 3.57. The number of benzene rings is 1. The van der Waals surface area contributed by atoms with Crippen LogP contribution in [0.2, 0.25) is 0 Å². The van der Waals surface area contributed by atoms with E-state index in [-0.39, 0.29) is 5.91 Å². The van der Waals surface area contributed by atoms with Gasteiger partial charge in [0.25, 0.3) is 5.91 Å². The monoisotopic (exact) mass is 292 g/mol. The Balaban J connectivity index is 2.68. The molecule has 0 bridgehead atoms. The predicted octanol–water partition coefficient (Wildman–Crippen LogP) is 2.85. The minimum Gasteiger partial charge on any atom is -0.339 e. The molecule has 1 aromatic heterocycles. The molecule has 5 heteroatoms. The number of pyridine rings is 1. The van der Waals surface area contributed by atoms with Crippen molar-refractivity contribution < 1.29 is 4.79 Å². The highest BCUT2D eigenvalue weighted by atomic mass is 16.2. The molecule has 1 heterocycles. The molecule has 0 radical (unpaired) electrons. The van der Waals surface area contributed by atoms with Crippen LogP contribution in [-0.2, 0) is 0 Å².